The van der Waals surface area contributed by atoms with Crippen LogP contribution in [0.1, 0.15) is 40.4 Å². The average molecular weight is 339 g/mol. The van der Waals surface area contributed by atoms with Crippen LogP contribution in [0.25, 0.3) is 0 Å². The first kappa shape index (κ1) is 18.7. The van der Waals surface area contributed by atoms with Gasteiger partial charge in [0, 0.05) is 18.7 Å². The van der Waals surface area contributed by atoms with Gasteiger partial charge in [0.05, 0.1) is 13.0 Å². The smallest absolute Gasteiger partial charge is 0.307 e. The van der Waals surface area contributed by atoms with Crippen molar-refractivity contribution in [1.82, 2.24) is 4.90 Å². The summed E-state index contributed by atoms with van der Waals surface area (Å²) >= 11 is 0. The number of hydrogen-bond acceptors (Lipinski definition) is 3. The first-order valence-corrected chi connectivity index (χ1v) is 8.56. The Morgan fingerprint density at radius 3 is 2.04 bits per heavy atom. The van der Waals surface area contributed by atoms with Gasteiger partial charge in [0.1, 0.15) is 0 Å². The number of amides is 1. The third kappa shape index (κ3) is 5.75. The second-order valence-corrected chi connectivity index (χ2v) is 6.13. The SMILES string of the molecule is CCOC(=O)CCN(Cc1ccc(C)cc1)C(=O)c1ccc(C)cc1. The lowest BCUT2D eigenvalue weighted by molar-refractivity contribution is -0.143. The minimum absolute atomic E-state index is 0.0788. The normalized spacial score (nSPS) is 10.4. The van der Waals surface area contributed by atoms with Crippen LogP contribution in [0.15, 0.2) is 48.5 Å². The quantitative estimate of drug-likeness (QED) is 0.719. The predicted molar refractivity (Wildman–Crippen MR) is 98.3 cm³/mol. The van der Waals surface area contributed by atoms with Crippen LogP contribution in [-0.4, -0.2) is 29.9 Å². The van der Waals surface area contributed by atoms with Crippen molar-refractivity contribution in [1.29, 1.82) is 0 Å². The third-order valence-electron chi connectivity index (χ3n) is 3.97. The van der Waals surface area contributed by atoms with Crippen LogP contribution in [0.4, 0.5) is 0 Å². The van der Waals surface area contributed by atoms with E-state index < -0.39 is 0 Å². The Kier molecular flexibility index (Phi) is 6.75. The number of benzene rings is 2. The van der Waals surface area contributed by atoms with Gasteiger partial charge in [-0.1, -0.05) is 47.5 Å². The van der Waals surface area contributed by atoms with E-state index in [1.54, 1.807) is 11.8 Å². The van der Waals surface area contributed by atoms with E-state index in [-0.39, 0.29) is 18.3 Å². The van der Waals surface area contributed by atoms with Crippen molar-refractivity contribution < 1.29 is 14.3 Å². The number of rotatable bonds is 7. The van der Waals surface area contributed by atoms with Gasteiger partial charge in [-0.05, 0) is 38.5 Å². The van der Waals surface area contributed by atoms with E-state index in [4.69, 9.17) is 4.74 Å². The van der Waals surface area contributed by atoms with Gasteiger partial charge in [0.2, 0.25) is 0 Å². The highest BCUT2D eigenvalue weighted by atomic mass is 16.5. The first-order chi connectivity index (χ1) is 12.0. The molecule has 132 valence electrons. The Hall–Kier alpha value is -2.62. The molecule has 0 aromatic heterocycles. The molecule has 0 aliphatic heterocycles. The van der Waals surface area contributed by atoms with E-state index >= 15 is 0 Å². The van der Waals surface area contributed by atoms with Crippen molar-refractivity contribution in [2.45, 2.75) is 33.7 Å². The van der Waals surface area contributed by atoms with Crippen LogP contribution in [0, 0.1) is 13.8 Å². The van der Waals surface area contributed by atoms with Crippen molar-refractivity contribution in [2.24, 2.45) is 0 Å². The second kappa shape index (κ2) is 9.02. The summed E-state index contributed by atoms with van der Waals surface area (Å²) in [6.07, 6.45) is 0.192. The molecule has 4 nitrogen and oxygen atoms in total. The van der Waals surface area contributed by atoms with Gasteiger partial charge in [0.25, 0.3) is 5.91 Å². The highest BCUT2D eigenvalue weighted by molar-refractivity contribution is 5.94. The fourth-order valence-corrected chi connectivity index (χ4v) is 2.50. The molecule has 2 rings (SSSR count). The monoisotopic (exact) mass is 339 g/mol. The van der Waals surface area contributed by atoms with Gasteiger partial charge in [-0.2, -0.15) is 0 Å². The summed E-state index contributed by atoms with van der Waals surface area (Å²) in [7, 11) is 0. The van der Waals surface area contributed by atoms with Crippen LogP contribution >= 0.6 is 0 Å². The topological polar surface area (TPSA) is 46.6 Å². The Balaban J connectivity index is 2.14. The molecule has 0 unspecified atom stereocenters. The maximum atomic E-state index is 12.9. The summed E-state index contributed by atoms with van der Waals surface area (Å²) in [6, 6.07) is 15.5. The Labute approximate surface area is 149 Å². The molecule has 0 saturated heterocycles. The molecule has 2 aromatic rings. The summed E-state index contributed by atoms with van der Waals surface area (Å²) in [5.74, 6) is -0.363. The van der Waals surface area contributed by atoms with Crippen LogP contribution in [0.2, 0.25) is 0 Å². The Bertz CT molecular complexity index is 705. The van der Waals surface area contributed by atoms with Crippen molar-refractivity contribution in [3.05, 3.63) is 70.8 Å². The fraction of sp³-hybridized carbons (Fsp3) is 0.333. The zero-order valence-corrected chi connectivity index (χ0v) is 15.1. The van der Waals surface area contributed by atoms with Gasteiger partial charge in [-0.15, -0.1) is 0 Å². The zero-order valence-electron chi connectivity index (χ0n) is 15.1. The van der Waals surface area contributed by atoms with E-state index in [1.165, 1.54) is 5.56 Å². The minimum atomic E-state index is -0.284. The molecule has 2 aromatic carbocycles. The van der Waals surface area contributed by atoms with E-state index in [2.05, 4.69) is 0 Å². The molecule has 0 atom stereocenters. The molecule has 1 amide bonds. The van der Waals surface area contributed by atoms with Crippen LogP contribution in [-0.2, 0) is 16.1 Å². The number of carbonyl (C=O) groups excluding carboxylic acids is 2. The third-order valence-corrected chi connectivity index (χ3v) is 3.97. The van der Waals surface area contributed by atoms with Crippen LogP contribution in [0.5, 0.6) is 0 Å². The summed E-state index contributed by atoms with van der Waals surface area (Å²) < 4.78 is 4.98. The number of hydrogen-bond donors (Lipinski definition) is 0. The minimum Gasteiger partial charge on any atom is -0.466 e. The van der Waals surface area contributed by atoms with E-state index in [9.17, 15) is 9.59 Å². The lowest BCUT2D eigenvalue weighted by Crippen LogP contribution is -2.33. The molecule has 0 saturated carbocycles. The van der Waals surface area contributed by atoms with Crippen molar-refractivity contribution in [2.75, 3.05) is 13.2 Å². The molecule has 0 aliphatic rings. The Morgan fingerprint density at radius 1 is 0.920 bits per heavy atom. The maximum Gasteiger partial charge on any atom is 0.307 e. The zero-order chi connectivity index (χ0) is 18.2. The standard InChI is InChI=1S/C21H25NO3/c1-4-25-20(23)13-14-22(15-18-9-5-16(2)6-10-18)21(24)19-11-7-17(3)8-12-19/h5-12H,4,13-15H2,1-3H3. The van der Waals surface area contributed by atoms with Crippen LogP contribution < -0.4 is 0 Å². The maximum absolute atomic E-state index is 12.9. The van der Waals surface area contributed by atoms with Gasteiger partial charge in [-0.25, -0.2) is 0 Å². The lowest BCUT2D eigenvalue weighted by atomic mass is 10.1. The van der Waals surface area contributed by atoms with Gasteiger partial charge in [-0.3, -0.25) is 9.59 Å². The van der Waals surface area contributed by atoms with Gasteiger partial charge < -0.3 is 9.64 Å². The van der Waals surface area contributed by atoms with Crippen molar-refractivity contribution in [3.63, 3.8) is 0 Å². The number of aryl methyl sites for hydroxylation is 2. The molecule has 4 heteroatoms. The van der Waals surface area contributed by atoms with Crippen molar-refractivity contribution >= 4 is 11.9 Å². The molecule has 25 heavy (non-hydrogen) atoms. The molecule has 0 bridgehead atoms. The second-order valence-electron chi connectivity index (χ2n) is 6.13. The summed E-state index contributed by atoms with van der Waals surface area (Å²) in [5.41, 5.74) is 3.94. The highest BCUT2D eigenvalue weighted by Crippen LogP contribution is 2.13. The van der Waals surface area contributed by atoms with E-state index in [0.717, 1.165) is 11.1 Å². The molecule has 0 N–H and O–H groups in total. The molecule has 0 heterocycles. The van der Waals surface area contributed by atoms with E-state index in [1.807, 2.05) is 62.4 Å². The number of nitrogens with zero attached hydrogens (tertiary/aromatic N) is 1. The Morgan fingerprint density at radius 2 is 1.48 bits per heavy atom. The summed E-state index contributed by atoms with van der Waals surface area (Å²) in [4.78, 5) is 26.3. The number of carbonyl (C=O) groups is 2. The van der Waals surface area contributed by atoms with Gasteiger partial charge in [0.15, 0.2) is 0 Å². The van der Waals surface area contributed by atoms with Gasteiger partial charge >= 0.3 is 5.97 Å². The molecule has 0 aliphatic carbocycles. The lowest BCUT2D eigenvalue weighted by Gasteiger charge is -2.23. The summed E-state index contributed by atoms with van der Waals surface area (Å²) in [5, 5.41) is 0. The molecule has 0 spiro atoms. The number of esters is 1. The molecule has 0 fully saturated rings. The molecular formula is C21H25NO3. The largest absolute Gasteiger partial charge is 0.466 e. The highest BCUT2D eigenvalue weighted by Gasteiger charge is 2.17. The average Bonchev–Trinajstić information content (AvgIpc) is 2.60. The summed E-state index contributed by atoms with van der Waals surface area (Å²) in [6.45, 7) is 6.94. The van der Waals surface area contributed by atoms with E-state index in [0.29, 0.717) is 25.3 Å². The van der Waals surface area contributed by atoms with Crippen LogP contribution in [0.3, 0.4) is 0 Å². The fourth-order valence-electron chi connectivity index (χ4n) is 2.50. The molecular weight excluding hydrogens is 314 g/mol. The number of ether oxygens (including phenoxy) is 1. The predicted octanol–water partition coefficient (Wildman–Crippen LogP) is 3.90. The molecule has 0 radical (unpaired) electrons. The first-order valence-electron chi connectivity index (χ1n) is 8.56. The van der Waals surface area contributed by atoms with Crippen molar-refractivity contribution in [3.8, 4) is 0 Å².